The highest BCUT2D eigenvalue weighted by atomic mass is 32.1. The maximum Gasteiger partial charge on any atom is 0.342 e. The molecule has 0 radical (unpaired) electrons. The molecule has 0 spiro atoms. The Morgan fingerprint density at radius 2 is 1.72 bits per heavy atom. The molecule has 1 atom stereocenters. The number of nitrogens with zero attached hydrogens (tertiary/aromatic N) is 2. The van der Waals surface area contributed by atoms with Crippen LogP contribution in [0.4, 0.5) is 0 Å². The van der Waals surface area contributed by atoms with Gasteiger partial charge in [0.05, 0.1) is 17.3 Å². The second-order valence-electron chi connectivity index (χ2n) is 8.26. The molecule has 1 aromatic heterocycles. The molecule has 1 aliphatic heterocycles. The molecule has 0 fully saturated rings. The maximum absolute atomic E-state index is 13.2. The average Bonchev–Trinajstić information content (AvgIpc) is 3.33. The normalized spacial score (nSPS) is 18.4. The molecule has 1 N–H and O–H groups in total. The van der Waals surface area contributed by atoms with Crippen LogP contribution in [0, 0.1) is 20.8 Å². The third-order valence-electron chi connectivity index (χ3n) is 6.17. The Hall–Kier alpha value is -3.35. The minimum absolute atomic E-state index is 0.374. The minimum Gasteiger partial charge on any atom is -0.421 e. The standard InChI is InChI=1S/C26H22N2O3S/c1-15-7-9-18(10-8-15)13-21-24(19-11-12-22-23(14-19)28-32-27-22)25(29)31-26(21,30)20-6-4-5-16(2)17(20)3/h4-12,14,30H,13H2,1-3H3. The fourth-order valence-corrected chi connectivity index (χ4v) is 4.74. The van der Waals surface area contributed by atoms with Gasteiger partial charge in [0.1, 0.15) is 11.0 Å². The lowest BCUT2D eigenvalue weighted by Gasteiger charge is -2.28. The second kappa shape index (κ2) is 7.65. The molecule has 0 saturated heterocycles. The number of fused-ring (bicyclic) bond motifs is 1. The molecule has 0 bridgehead atoms. The van der Waals surface area contributed by atoms with Gasteiger partial charge in [0, 0.05) is 17.6 Å². The molecule has 1 unspecified atom stereocenters. The molecule has 4 aromatic rings. The van der Waals surface area contributed by atoms with Crippen molar-refractivity contribution in [1.29, 1.82) is 0 Å². The van der Waals surface area contributed by atoms with Crippen LogP contribution in [0.3, 0.4) is 0 Å². The summed E-state index contributed by atoms with van der Waals surface area (Å²) in [6.45, 7) is 5.94. The summed E-state index contributed by atoms with van der Waals surface area (Å²) in [6.07, 6.45) is 0.374. The zero-order chi connectivity index (χ0) is 22.5. The van der Waals surface area contributed by atoms with Gasteiger partial charge < -0.3 is 9.84 Å². The molecule has 2 heterocycles. The van der Waals surface area contributed by atoms with Crippen LogP contribution in [0.25, 0.3) is 16.6 Å². The third-order valence-corrected chi connectivity index (χ3v) is 6.73. The Kier molecular flexibility index (Phi) is 4.92. The fraction of sp³-hybridized carbons (Fsp3) is 0.192. The molecular weight excluding hydrogens is 420 g/mol. The smallest absolute Gasteiger partial charge is 0.342 e. The van der Waals surface area contributed by atoms with Crippen LogP contribution in [0.1, 0.15) is 33.4 Å². The number of hydrogen-bond donors (Lipinski definition) is 1. The van der Waals surface area contributed by atoms with Gasteiger partial charge in [-0.15, -0.1) is 0 Å². The number of cyclic esters (lactones) is 1. The molecule has 0 amide bonds. The maximum atomic E-state index is 13.2. The lowest BCUT2D eigenvalue weighted by molar-refractivity contribution is -0.185. The van der Waals surface area contributed by atoms with Crippen LogP contribution < -0.4 is 0 Å². The summed E-state index contributed by atoms with van der Waals surface area (Å²) < 4.78 is 14.3. The average molecular weight is 443 g/mol. The van der Waals surface area contributed by atoms with Crippen molar-refractivity contribution in [3.8, 4) is 0 Å². The molecule has 1 aliphatic rings. The molecule has 5 nitrogen and oxygen atoms in total. The third kappa shape index (κ3) is 3.32. The molecule has 0 saturated carbocycles. The van der Waals surface area contributed by atoms with Gasteiger partial charge in [0.2, 0.25) is 0 Å². The Bertz CT molecular complexity index is 1390. The van der Waals surface area contributed by atoms with E-state index in [2.05, 4.69) is 8.75 Å². The van der Waals surface area contributed by atoms with Crippen LogP contribution in [0.5, 0.6) is 0 Å². The summed E-state index contributed by atoms with van der Waals surface area (Å²) >= 11 is 1.13. The number of hydrogen-bond acceptors (Lipinski definition) is 6. The highest BCUT2D eigenvalue weighted by molar-refractivity contribution is 7.00. The first kappa shape index (κ1) is 20.5. The minimum atomic E-state index is -1.84. The number of ether oxygens (including phenoxy) is 1. The largest absolute Gasteiger partial charge is 0.421 e. The van der Waals surface area contributed by atoms with Crippen molar-refractivity contribution < 1.29 is 14.6 Å². The summed E-state index contributed by atoms with van der Waals surface area (Å²) in [6, 6.07) is 19.3. The summed E-state index contributed by atoms with van der Waals surface area (Å²) in [5.74, 6) is -2.39. The molecule has 0 aliphatic carbocycles. The van der Waals surface area contributed by atoms with Crippen molar-refractivity contribution in [2.45, 2.75) is 33.0 Å². The van der Waals surface area contributed by atoms with Crippen molar-refractivity contribution in [3.05, 3.63) is 99.6 Å². The van der Waals surface area contributed by atoms with Crippen LogP contribution >= 0.6 is 11.7 Å². The van der Waals surface area contributed by atoms with E-state index in [0.717, 1.165) is 39.5 Å². The lowest BCUT2D eigenvalue weighted by atomic mass is 9.85. The number of carbonyl (C=O) groups is 1. The van der Waals surface area contributed by atoms with E-state index in [1.165, 1.54) is 0 Å². The summed E-state index contributed by atoms with van der Waals surface area (Å²) in [4.78, 5) is 13.2. The van der Waals surface area contributed by atoms with Gasteiger partial charge in [-0.05, 0) is 55.2 Å². The Balaban J connectivity index is 1.74. The van der Waals surface area contributed by atoms with E-state index in [1.807, 2.05) is 81.4 Å². The van der Waals surface area contributed by atoms with Gasteiger partial charge in [-0.2, -0.15) is 8.75 Å². The summed E-state index contributed by atoms with van der Waals surface area (Å²) in [7, 11) is 0. The number of carbonyl (C=O) groups excluding carboxylic acids is 1. The molecule has 5 rings (SSSR count). The van der Waals surface area contributed by atoms with Crippen molar-refractivity contribution in [1.82, 2.24) is 8.75 Å². The van der Waals surface area contributed by atoms with Gasteiger partial charge in [-0.25, -0.2) is 4.79 Å². The zero-order valence-corrected chi connectivity index (χ0v) is 18.9. The van der Waals surface area contributed by atoms with Gasteiger partial charge in [0.25, 0.3) is 5.79 Å². The number of aliphatic hydroxyl groups is 1. The van der Waals surface area contributed by atoms with E-state index in [1.54, 1.807) is 0 Å². The molecule has 32 heavy (non-hydrogen) atoms. The topological polar surface area (TPSA) is 72.3 Å². The van der Waals surface area contributed by atoms with Crippen molar-refractivity contribution in [2.24, 2.45) is 0 Å². The molecular formula is C26H22N2O3S. The van der Waals surface area contributed by atoms with Crippen LogP contribution in [-0.2, 0) is 21.7 Å². The molecule has 160 valence electrons. The Labute approximate surface area is 190 Å². The second-order valence-corrected chi connectivity index (χ2v) is 8.79. The van der Waals surface area contributed by atoms with Crippen molar-refractivity contribution >= 4 is 34.3 Å². The Morgan fingerprint density at radius 3 is 2.50 bits per heavy atom. The monoisotopic (exact) mass is 442 g/mol. The van der Waals surface area contributed by atoms with Crippen LogP contribution in [-0.4, -0.2) is 19.8 Å². The van der Waals surface area contributed by atoms with Crippen LogP contribution in [0.15, 0.2) is 66.2 Å². The van der Waals surface area contributed by atoms with E-state index in [4.69, 9.17) is 4.74 Å². The zero-order valence-electron chi connectivity index (χ0n) is 18.0. The fourth-order valence-electron chi connectivity index (χ4n) is 4.22. The van der Waals surface area contributed by atoms with E-state index >= 15 is 0 Å². The molecule has 3 aromatic carbocycles. The lowest BCUT2D eigenvalue weighted by Crippen LogP contribution is -2.31. The number of aryl methyl sites for hydroxylation is 2. The highest BCUT2D eigenvalue weighted by Crippen LogP contribution is 2.46. The predicted molar refractivity (Wildman–Crippen MR) is 125 cm³/mol. The predicted octanol–water partition coefficient (Wildman–Crippen LogP) is 5.01. The van der Waals surface area contributed by atoms with Gasteiger partial charge in [-0.1, -0.05) is 54.1 Å². The quantitative estimate of drug-likeness (QED) is 0.450. The SMILES string of the molecule is Cc1ccc(CC2=C(c3ccc4nsnc4c3)C(=O)OC2(O)c2cccc(C)c2C)cc1. The van der Waals surface area contributed by atoms with Gasteiger partial charge in [0.15, 0.2) is 0 Å². The summed E-state index contributed by atoms with van der Waals surface area (Å²) in [5.41, 5.74) is 7.69. The first-order valence-corrected chi connectivity index (χ1v) is 11.1. The van der Waals surface area contributed by atoms with Crippen LogP contribution in [0.2, 0.25) is 0 Å². The molecule has 6 heteroatoms. The summed E-state index contributed by atoms with van der Waals surface area (Å²) in [5, 5.41) is 11.9. The Morgan fingerprint density at radius 1 is 0.969 bits per heavy atom. The number of esters is 1. The first-order chi connectivity index (χ1) is 15.4. The number of rotatable bonds is 4. The van der Waals surface area contributed by atoms with E-state index in [0.29, 0.717) is 34.2 Å². The van der Waals surface area contributed by atoms with Gasteiger partial charge in [-0.3, -0.25) is 0 Å². The van der Waals surface area contributed by atoms with E-state index < -0.39 is 11.8 Å². The first-order valence-electron chi connectivity index (χ1n) is 10.4. The van der Waals surface area contributed by atoms with E-state index in [9.17, 15) is 9.90 Å². The highest BCUT2D eigenvalue weighted by Gasteiger charge is 2.48. The van der Waals surface area contributed by atoms with Crippen molar-refractivity contribution in [3.63, 3.8) is 0 Å². The van der Waals surface area contributed by atoms with Gasteiger partial charge >= 0.3 is 5.97 Å². The number of benzene rings is 3. The van der Waals surface area contributed by atoms with E-state index in [-0.39, 0.29) is 0 Å². The van der Waals surface area contributed by atoms with Crippen molar-refractivity contribution in [2.75, 3.05) is 0 Å². The number of aromatic nitrogens is 2.